The minimum atomic E-state index is -1.33. The van der Waals surface area contributed by atoms with Gasteiger partial charge in [-0.1, -0.05) is 50.6 Å². The Morgan fingerprint density at radius 1 is 0.816 bits per heavy atom. The van der Waals surface area contributed by atoms with Crippen LogP contribution in [0.3, 0.4) is 0 Å². The van der Waals surface area contributed by atoms with E-state index in [1.165, 1.54) is 0 Å². The minimum Gasteiger partial charge on any atom is -0.481 e. The summed E-state index contributed by atoms with van der Waals surface area (Å²) in [5.74, 6) is -4.53. The van der Waals surface area contributed by atoms with Crippen LogP contribution in [0.15, 0.2) is 30.3 Å². The van der Waals surface area contributed by atoms with Gasteiger partial charge in [0.05, 0.1) is 6.04 Å². The van der Waals surface area contributed by atoms with Gasteiger partial charge in [0.2, 0.25) is 17.7 Å². The van der Waals surface area contributed by atoms with Gasteiger partial charge in [-0.3, -0.25) is 19.2 Å². The first-order chi connectivity index (χ1) is 17.9. The van der Waals surface area contributed by atoms with Crippen molar-refractivity contribution >= 4 is 29.7 Å². The number of carboxylic acids is 2. The van der Waals surface area contributed by atoms with E-state index in [4.69, 9.17) is 16.6 Å². The molecule has 0 radical (unpaired) electrons. The number of benzene rings is 1. The Labute approximate surface area is 222 Å². The Morgan fingerprint density at radius 2 is 1.39 bits per heavy atom. The molecule has 0 bridgehead atoms. The minimum absolute atomic E-state index is 0.00438. The molecule has 0 saturated heterocycles. The molecule has 0 heterocycles. The van der Waals surface area contributed by atoms with Crippen molar-refractivity contribution in [3.63, 3.8) is 0 Å². The summed E-state index contributed by atoms with van der Waals surface area (Å²) < 4.78 is 0. The summed E-state index contributed by atoms with van der Waals surface area (Å²) in [7, 11) is 0. The van der Waals surface area contributed by atoms with Crippen molar-refractivity contribution in [3.8, 4) is 0 Å². The molecule has 0 spiro atoms. The third-order valence-electron chi connectivity index (χ3n) is 5.82. The van der Waals surface area contributed by atoms with E-state index in [0.717, 1.165) is 0 Å². The molecular weight excluding hydrogens is 494 g/mol. The number of aliphatic carboxylic acids is 2. The maximum absolute atomic E-state index is 13.1. The molecule has 0 aliphatic rings. The Morgan fingerprint density at radius 3 is 1.95 bits per heavy atom. The zero-order valence-corrected chi connectivity index (χ0v) is 22.0. The lowest BCUT2D eigenvalue weighted by atomic mass is 10.0. The van der Waals surface area contributed by atoms with Crippen molar-refractivity contribution in [3.05, 3.63) is 35.9 Å². The van der Waals surface area contributed by atoms with Gasteiger partial charge in [-0.25, -0.2) is 4.79 Å². The summed E-state index contributed by atoms with van der Waals surface area (Å²) in [5.41, 5.74) is 12.1. The second-order valence-corrected chi connectivity index (χ2v) is 9.66. The number of amides is 3. The largest absolute Gasteiger partial charge is 0.481 e. The monoisotopic (exact) mass is 535 g/mol. The predicted octanol–water partition coefficient (Wildman–Crippen LogP) is 0.135. The number of hydrogen-bond donors (Lipinski definition) is 7. The van der Waals surface area contributed by atoms with Crippen LogP contribution in [0.4, 0.5) is 0 Å². The smallest absolute Gasteiger partial charge is 0.326 e. The van der Waals surface area contributed by atoms with E-state index < -0.39 is 60.2 Å². The maximum atomic E-state index is 13.1. The zero-order chi connectivity index (χ0) is 28.7. The molecule has 4 atom stereocenters. The van der Waals surface area contributed by atoms with Crippen molar-refractivity contribution in [2.45, 2.75) is 83.0 Å². The number of rotatable bonds is 18. The molecule has 3 amide bonds. The summed E-state index contributed by atoms with van der Waals surface area (Å²) in [6.07, 6.45) is 1.27. The molecule has 1 aromatic rings. The van der Waals surface area contributed by atoms with E-state index in [1.807, 2.05) is 13.8 Å². The molecule has 1 aromatic carbocycles. The topological polar surface area (TPSA) is 214 Å². The van der Waals surface area contributed by atoms with Gasteiger partial charge in [-0.2, -0.15) is 0 Å². The van der Waals surface area contributed by atoms with E-state index in [-0.39, 0.29) is 25.2 Å². The van der Waals surface area contributed by atoms with E-state index >= 15 is 0 Å². The van der Waals surface area contributed by atoms with Gasteiger partial charge in [-0.05, 0) is 43.7 Å². The zero-order valence-electron chi connectivity index (χ0n) is 22.0. The predicted molar refractivity (Wildman–Crippen MR) is 141 cm³/mol. The number of nitrogens with one attached hydrogen (secondary N) is 3. The highest BCUT2D eigenvalue weighted by atomic mass is 16.4. The standard InChI is InChI=1S/C26H41N5O7/c1-16(2)14-20(30-23(34)18(28)10-6-7-13-27)25(36)29-19(11-12-22(32)33)24(35)31-21(26(37)38)15-17-8-4-3-5-9-17/h3-5,8-9,16,18-21H,6-7,10-15,27-28H2,1-2H3,(H,29,36)(H,30,34)(H,31,35)(H,32,33)(H,37,38). The average molecular weight is 536 g/mol. The third kappa shape index (κ3) is 12.6. The molecule has 0 saturated carbocycles. The number of carbonyl (C=O) groups is 5. The summed E-state index contributed by atoms with van der Waals surface area (Å²) >= 11 is 0. The summed E-state index contributed by atoms with van der Waals surface area (Å²) in [4.78, 5) is 61.7. The van der Waals surface area contributed by atoms with Crippen LogP contribution < -0.4 is 27.4 Å². The molecule has 12 heteroatoms. The normalized spacial score (nSPS) is 14.1. The summed E-state index contributed by atoms with van der Waals surface area (Å²) in [6.45, 7) is 4.17. The fraction of sp³-hybridized carbons (Fsp3) is 0.577. The molecule has 0 aromatic heterocycles. The van der Waals surface area contributed by atoms with Crippen LogP contribution in [0.25, 0.3) is 0 Å². The molecule has 9 N–H and O–H groups in total. The molecule has 0 fully saturated rings. The van der Waals surface area contributed by atoms with E-state index in [9.17, 15) is 29.1 Å². The maximum Gasteiger partial charge on any atom is 0.326 e. The molecular formula is C26H41N5O7. The summed E-state index contributed by atoms with van der Waals surface area (Å²) in [6, 6.07) is 4.17. The first kappa shape index (κ1) is 32.5. The fourth-order valence-corrected chi connectivity index (χ4v) is 3.75. The molecule has 0 aliphatic carbocycles. The molecule has 12 nitrogen and oxygen atoms in total. The molecule has 1 rings (SSSR count). The third-order valence-corrected chi connectivity index (χ3v) is 5.82. The number of hydrogen-bond acceptors (Lipinski definition) is 7. The molecule has 0 aliphatic heterocycles. The van der Waals surface area contributed by atoms with Crippen LogP contribution in [-0.4, -0.2) is 70.6 Å². The number of carboxylic acid groups (broad SMARTS) is 2. The molecule has 4 unspecified atom stereocenters. The van der Waals surface area contributed by atoms with Crippen molar-refractivity contribution in [1.82, 2.24) is 16.0 Å². The Balaban J connectivity index is 2.99. The lowest BCUT2D eigenvalue weighted by Crippen LogP contribution is -2.57. The fourth-order valence-electron chi connectivity index (χ4n) is 3.75. The first-order valence-electron chi connectivity index (χ1n) is 12.8. The van der Waals surface area contributed by atoms with Crippen LogP contribution in [0.5, 0.6) is 0 Å². The van der Waals surface area contributed by atoms with Gasteiger partial charge in [0, 0.05) is 12.8 Å². The Bertz CT molecular complexity index is 926. The van der Waals surface area contributed by atoms with E-state index in [1.54, 1.807) is 30.3 Å². The van der Waals surface area contributed by atoms with Gasteiger partial charge < -0.3 is 37.6 Å². The van der Waals surface area contributed by atoms with Crippen molar-refractivity contribution in [2.75, 3.05) is 6.54 Å². The second kappa shape index (κ2) is 17.1. The highest BCUT2D eigenvalue weighted by Crippen LogP contribution is 2.09. The quantitative estimate of drug-likeness (QED) is 0.127. The average Bonchev–Trinajstić information content (AvgIpc) is 2.85. The van der Waals surface area contributed by atoms with Crippen LogP contribution in [0, 0.1) is 5.92 Å². The van der Waals surface area contributed by atoms with Crippen molar-refractivity contribution < 1.29 is 34.2 Å². The lowest BCUT2D eigenvalue weighted by molar-refractivity contribution is -0.143. The van der Waals surface area contributed by atoms with Crippen molar-refractivity contribution in [2.24, 2.45) is 17.4 Å². The molecule has 38 heavy (non-hydrogen) atoms. The van der Waals surface area contributed by atoms with E-state index in [0.29, 0.717) is 31.4 Å². The van der Waals surface area contributed by atoms with Crippen molar-refractivity contribution in [1.29, 1.82) is 0 Å². The van der Waals surface area contributed by atoms with Gasteiger partial charge in [0.25, 0.3) is 0 Å². The number of carbonyl (C=O) groups excluding carboxylic acids is 3. The lowest BCUT2D eigenvalue weighted by Gasteiger charge is -2.26. The summed E-state index contributed by atoms with van der Waals surface area (Å²) in [5, 5.41) is 26.3. The Hall–Kier alpha value is -3.51. The molecule has 212 valence electrons. The van der Waals surface area contributed by atoms with Gasteiger partial charge in [-0.15, -0.1) is 0 Å². The van der Waals surface area contributed by atoms with Crippen LogP contribution >= 0.6 is 0 Å². The Kier molecular flexibility index (Phi) is 14.6. The van der Waals surface area contributed by atoms with Gasteiger partial charge in [0.15, 0.2) is 0 Å². The van der Waals surface area contributed by atoms with Gasteiger partial charge in [0.1, 0.15) is 18.1 Å². The highest BCUT2D eigenvalue weighted by Gasteiger charge is 2.31. The van der Waals surface area contributed by atoms with E-state index in [2.05, 4.69) is 16.0 Å². The number of unbranched alkanes of at least 4 members (excludes halogenated alkanes) is 1. The van der Waals surface area contributed by atoms with Crippen LogP contribution in [0.1, 0.15) is 57.9 Å². The SMILES string of the molecule is CC(C)CC(NC(=O)C(N)CCCCN)C(=O)NC(CCC(=O)O)C(=O)NC(Cc1ccccc1)C(=O)O. The highest BCUT2D eigenvalue weighted by molar-refractivity contribution is 5.94. The van der Waals surface area contributed by atoms with Gasteiger partial charge >= 0.3 is 11.9 Å². The first-order valence-corrected chi connectivity index (χ1v) is 12.8. The second-order valence-electron chi connectivity index (χ2n) is 9.66. The van der Waals surface area contributed by atoms with Crippen LogP contribution in [0.2, 0.25) is 0 Å². The van der Waals surface area contributed by atoms with Crippen LogP contribution in [-0.2, 0) is 30.4 Å². The number of nitrogens with two attached hydrogens (primary N) is 2.